The molecule has 3 nitrogen and oxygen atoms in total. The summed E-state index contributed by atoms with van der Waals surface area (Å²) in [7, 11) is 1.73. The molecule has 0 bridgehead atoms. The molecule has 0 amide bonds. The number of hydrogen-bond acceptors (Lipinski definition) is 2. The van der Waals surface area contributed by atoms with Crippen molar-refractivity contribution >= 4 is 17.3 Å². The van der Waals surface area contributed by atoms with E-state index in [0.717, 1.165) is 43.7 Å². The zero-order chi connectivity index (χ0) is 11.1. The monoisotopic (exact) mass is 230 g/mol. The van der Waals surface area contributed by atoms with Crippen LogP contribution in [0.4, 0.5) is 0 Å². The lowest BCUT2D eigenvalue weighted by Gasteiger charge is -2.32. The standard InChI is InChI=1S/C11H22N2OS/c1-10-4-7-13(8-5-10)11(15)12-6-3-9-14-2/h10H,3-9H2,1-2H3,(H,12,15). The van der Waals surface area contributed by atoms with E-state index < -0.39 is 0 Å². The minimum Gasteiger partial charge on any atom is -0.385 e. The van der Waals surface area contributed by atoms with Crippen LogP contribution in [0, 0.1) is 5.92 Å². The summed E-state index contributed by atoms with van der Waals surface area (Å²) < 4.78 is 4.99. The van der Waals surface area contributed by atoms with Gasteiger partial charge in [-0.15, -0.1) is 0 Å². The molecule has 0 aromatic carbocycles. The molecule has 1 aliphatic rings. The van der Waals surface area contributed by atoms with Gasteiger partial charge in [-0.05, 0) is 37.4 Å². The fraction of sp³-hybridized carbons (Fsp3) is 0.909. The number of piperidine rings is 1. The molecule has 0 saturated carbocycles. The molecular formula is C11H22N2OS. The predicted molar refractivity (Wildman–Crippen MR) is 67.1 cm³/mol. The smallest absolute Gasteiger partial charge is 0.168 e. The van der Waals surface area contributed by atoms with E-state index in [9.17, 15) is 0 Å². The van der Waals surface area contributed by atoms with Crippen molar-refractivity contribution in [2.75, 3.05) is 33.4 Å². The van der Waals surface area contributed by atoms with Crippen LogP contribution in [0.3, 0.4) is 0 Å². The minimum atomic E-state index is 0.798. The number of hydrogen-bond donors (Lipinski definition) is 1. The molecule has 0 aliphatic carbocycles. The minimum absolute atomic E-state index is 0.798. The lowest BCUT2D eigenvalue weighted by molar-refractivity contribution is 0.195. The van der Waals surface area contributed by atoms with Crippen LogP contribution in [0.2, 0.25) is 0 Å². The Morgan fingerprint density at radius 2 is 2.13 bits per heavy atom. The fourth-order valence-electron chi connectivity index (χ4n) is 1.74. The summed E-state index contributed by atoms with van der Waals surface area (Å²) in [5.74, 6) is 0.859. The van der Waals surface area contributed by atoms with E-state index >= 15 is 0 Å². The lowest BCUT2D eigenvalue weighted by Crippen LogP contribution is -2.44. The first-order valence-electron chi connectivity index (χ1n) is 5.75. The molecule has 4 heteroatoms. The topological polar surface area (TPSA) is 24.5 Å². The second-order valence-corrected chi connectivity index (χ2v) is 4.63. The van der Waals surface area contributed by atoms with E-state index in [2.05, 4.69) is 17.1 Å². The summed E-state index contributed by atoms with van der Waals surface area (Å²) in [6.45, 7) is 6.24. The molecule has 1 rings (SSSR count). The molecular weight excluding hydrogens is 208 g/mol. The summed E-state index contributed by atoms with van der Waals surface area (Å²) in [5, 5.41) is 4.19. The maximum atomic E-state index is 5.34. The molecule has 0 aromatic rings. The van der Waals surface area contributed by atoms with Gasteiger partial charge in [0.25, 0.3) is 0 Å². The van der Waals surface area contributed by atoms with E-state index in [-0.39, 0.29) is 0 Å². The Kier molecular flexibility index (Phi) is 5.95. The zero-order valence-corrected chi connectivity index (χ0v) is 10.6. The Hall–Kier alpha value is -0.350. The van der Waals surface area contributed by atoms with Crippen LogP contribution in [0.15, 0.2) is 0 Å². The van der Waals surface area contributed by atoms with Crippen LogP contribution in [0.5, 0.6) is 0 Å². The number of rotatable bonds is 4. The molecule has 1 fully saturated rings. The van der Waals surface area contributed by atoms with Crippen molar-refractivity contribution in [3.63, 3.8) is 0 Å². The van der Waals surface area contributed by atoms with Crippen molar-refractivity contribution in [3.8, 4) is 0 Å². The van der Waals surface area contributed by atoms with Crippen LogP contribution in [0.1, 0.15) is 26.2 Å². The van der Waals surface area contributed by atoms with Crippen molar-refractivity contribution in [2.45, 2.75) is 26.2 Å². The molecule has 0 radical (unpaired) electrons. The van der Waals surface area contributed by atoms with Gasteiger partial charge in [0, 0.05) is 33.4 Å². The fourth-order valence-corrected chi connectivity index (χ4v) is 2.02. The van der Waals surface area contributed by atoms with Gasteiger partial charge in [0.2, 0.25) is 0 Å². The van der Waals surface area contributed by atoms with Crippen molar-refractivity contribution in [2.24, 2.45) is 5.92 Å². The molecule has 0 atom stereocenters. The highest BCUT2D eigenvalue weighted by atomic mass is 32.1. The van der Waals surface area contributed by atoms with Gasteiger partial charge in [-0.1, -0.05) is 6.92 Å². The number of likely N-dealkylation sites (tertiary alicyclic amines) is 1. The second kappa shape index (κ2) is 7.01. The van der Waals surface area contributed by atoms with Gasteiger partial charge in [-0.3, -0.25) is 0 Å². The van der Waals surface area contributed by atoms with Crippen LogP contribution in [-0.2, 0) is 4.74 Å². The van der Waals surface area contributed by atoms with Gasteiger partial charge < -0.3 is 15.0 Å². The molecule has 15 heavy (non-hydrogen) atoms. The quantitative estimate of drug-likeness (QED) is 0.586. The Bertz CT molecular complexity index is 191. The van der Waals surface area contributed by atoms with E-state index in [1.54, 1.807) is 7.11 Å². The van der Waals surface area contributed by atoms with Crippen molar-refractivity contribution in [1.29, 1.82) is 0 Å². The number of nitrogens with one attached hydrogen (secondary N) is 1. The maximum absolute atomic E-state index is 5.34. The molecule has 0 unspecified atom stereocenters. The molecule has 0 aromatic heterocycles. The van der Waals surface area contributed by atoms with Gasteiger partial charge in [0.05, 0.1) is 0 Å². The average Bonchev–Trinajstić information content (AvgIpc) is 2.25. The lowest BCUT2D eigenvalue weighted by atomic mass is 10.00. The van der Waals surface area contributed by atoms with Gasteiger partial charge in [0.15, 0.2) is 5.11 Å². The maximum Gasteiger partial charge on any atom is 0.168 e. The number of thiocarbonyl (C=S) groups is 1. The van der Waals surface area contributed by atoms with E-state index in [1.807, 2.05) is 0 Å². The first kappa shape index (κ1) is 12.7. The third-order valence-corrected chi connectivity index (χ3v) is 3.27. The predicted octanol–water partition coefficient (Wildman–Crippen LogP) is 1.63. The Morgan fingerprint density at radius 3 is 2.73 bits per heavy atom. The third kappa shape index (κ3) is 4.80. The summed E-state index contributed by atoms with van der Waals surface area (Å²) >= 11 is 5.34. The highest BCUT2D eigenvalue weighted by molar-refractivity contribution is 7.80. The van der Waals surface area contributed by atoms with E-state index in [4.69, 9.17) is 17.0 Å². The zero-order valence-electron chi connectivity index (χ0n) is 9.79. The SMILES string of the molecule is COCCCNC(=S)N1CCC(C)CC1. The second-order valence-electron chi connectivity index (χ2n) is 4.25. The number of ether oxygens (including phenoxy) is 1. The number of methoxy groups -OCH3 is 1. The molecule has 1 saturated heterocycles. The summed E-state index contributed by atoms with van der Waals surface area (Å²) in [4.78, 5) is 2.28. The van der Waals surface area contributed by atoms with Crippen LogP contribution in [-0.4, -0.2) is 43.4 Å². The number of nitrogens with zero attached hydrogens (tertiary/aromatic N) is 1. The summed E-state index contributed by atoms with van der Waals surface area (Å²) in [6.07, 6.45) is 3.54. The Labute approximate surface area is 98.2 Å². The van der Waals surface area contributed by atoms with Gasteiger partial charge >= 0.3 is 0 Å². The first-order valence-corrected chi connectivity index (χ1v) is 6.16. The highest BCUT2D eigenvalue weighted by Gasteiger charge is 2.17. The van der Waals surface area contributed by atoms with Crippen molar-refractivity contribution in [3.05, 3.63) is 0 Å². The van der Waals surface area contributed by atoms with Gasteiger partial charge in [-0.25, -0.2) is 0 Å². The van der Waals surface area contributed by atoms with E-state index in [1.165, 1.54) is 12.8 Å². The third-order valence-electron chi connectivity index (χ3n) is 2.87. The van der Waals surface area contributed by atoms with E-state index in [0.29, 0.717) is 0 Å². The molecule has 1 aliphatic heterocycles. The van der Waals surface area contributed by atoms with Crippen LogP contribution >= 0.6 is 12.2 Å². The van der Waals surface area contributed by atoms with Crippen LogP contribution < -0.4 is 5.32 Å². The Balaban J connectivity index is 2.11. The van der Waals surface area contributed by atoms with Crippen LogP contribution in [0.25, 0.3) is 0 Å². The average molecular weight is 230 g/mol. The molecule has 88 valence electrons. The van der Waals surface area contributed by atoms with Gasteiger partial charge in [-0.2, -0.15) is 0 Å². The molecule has 1 heterocycles. The summed E-state index contributed by atoms with van der Waals surface area (Å²) in [5.41, 5.74) is 0. The first-order chi connectivity index (χ1) is 7.24. The molecule has 0 spiro atoms. The largest absolute Gasteiger partial charge is 0.385 e. The van der Waals surface area contributed by atoms with Gasteiger partial charge in [0.1, 0.15) is 0 Å². The normalized spacial score (nSPS) is 17.9. The van der Waals surface area contributed by atoms with Crippen molar-refractivity contribution in [1.82, 2.24) is 10.2 Å². The molecule has 1 N–H and O–H groups in total. The summed E-state index contributed by atoms with van der Waals surface area (Å²) in [6, 6.07) is 0. The Morgan fingerprint density at radius 1 is 1.47 bits per heavy atom. The van der Waals surface area contributed by atoms with Crippen molar-refractivity contribution < 1.29 is 4.74 Å². The highest BCUT2D eigenvalue weighted by Crippen LogP contribution is 2.15.